The summed E-state index contributed by atoms with van der Waals surface area (Å²) in [6.45, 7) is -1.32. The lowest BCUT2D eigenvalue weighted by Crippen LogP contribution is -2.74. The first kappa shape index (κ1) is 24.3. The summed E-state index contributed by atoms with van der Waals surface area (Å²) in [5.41, 5.74) is 3.25. The molecule has 19 heteroatoms. The van der Waals surface area contributed by atoms with Crippen molar-refractivity contribution < 1.29 is 51.6 Å². The Morgan fingerprint density at radius 1 is 1.37 bits per heavy atom. The lowest BCUT2D eigenvalue weighted by atomic mass is 9.97. The summed E-state index contributed by atoms with van der Waals surface area (Å²) in [4.78, 5) is 69.8. The normalized spacial score (nSPS) is 23.6. The van der Waals surface area contributed by atoms with Crippen LogP contribution in [-0.2, 0) is 39.1 Å². The molecule has 0 aromatic carbocycles. The quantitative estimate of drug-likeness (QED) is 0.112. The van der Waals surface area contributed by atoms with Crippen LogP contribution in [0.5, 0.6) is 0 Å². The van der Waals surface area contributed by atoms with Gasteiger partial charge in [0.25, 0.3) is 17.7 Å². The van der Waals surface area contributed by atoms with Crippen LogP contribution in [0, 0.1) is 0 Å². The molecule has 1 aromatic heterocycles. The number of nitrogens with zero attached hydrogens (tertiary/aromatic N) is 4. The van der Waals surface area contributed by atoms with Gasteiger partial charge in [0.1, 0.15) is 11.7 Å². The summed E-state index contributed by atoms with van der Waals surface area (Å²) in [6, 6.07) is -3.21. The van der Waals surface area contributed by atoms with Crippen LogP contribution in [0.4, 0.5) is 9.93 Å². The molecule has 1 aliphatic carbocycles. The lowest BCUT2D eigenvalue weighted by Gasteiger charge is -2.44. The molecule has 4 rings (SSSR count). The molecule has 4 amide bonds. The number of oxime groups is 1. The highest BCUT2D eigenvalue weighted by atomic mass is 32.2. The maximum Gasteiger partial charge on any atom is 0.417 e. The SMILES string of the molecule is Nc1nc(/C(=N/OC2(C(=O)O)CC2)C(=O)NC2C(=O)N(S(=O)(=O)O)[C@H]2CN2C(=O)COC2=O)cs1. The third kappa shape index (κ3) is 4.47. The number of ether oxygens (including phenoxy) is 1. The first-order chi connectivity index (χ1) is 16.3. The molecule has 2 aliphatic heterocycles. The Labute approximate surface area is 199 Å². The maximum atomic E-state index is 13.0. The fourth-order valence-electron chi connectivity index (χ4n) is 3.29. The second kappa shape index (κ2) is 8.43. The summed E-state index contributed by atoms with van der Waals surface area (Å²) in [7, 11) is -5.11. The van der Waals surface area contributed by atoms with Crippen LogP contribution in [0.1, 0.15) is 18.5 Å². The van der Waals surface area contributed by atoms with Gasteiger partial charge in [-0.1, -0.05) is 5.16 Å². The summed E-state index contributed by atoms with van der Waals surface area (Å²) < 4.78 is 37.2. The van der Waals surface area contributed by atoms with Crippen molar-refractivity contribution in [1.29, 1.82) is 0 Å². The number of β-lactam (4-membered cyclic amide) rings is 1. The van der Waals surface area contributed by atoms with Crippen LogP contribution in [0.15, 0.2) is 10.5 Å². The topological polar surface area (TPSA) is 248 Å². The van der Waals surface area contributed by atoms with Crippen molar-refractivity contribution in [2.24, 2.45) is 5.16 Å². The van der Waals surface area contributed by atoms with Crippen molar-refractivity contribution in [3.63, 3.8) is 0 Å². The van der Waals surface area contributed by atoms with Gasteiger partial charge in [-0.05, 0) is 0 Å². The number of carbonyl (C=O) groups is 5. The average molecular weight is 532 g/mol. The highest BCUT2D eigenvalue weighted by Gasteiger charge is 2.57. The van der Waals surface area contributed by atoms with Gasteiger partial charge in [-0.25, -0.2) is 23.8 Å². The van der Waals surface area contributed by atoms with Gasteiger partial charge in [0.05, 0.1) is 12.6 Å². The van der Waals surface area contributed by atoms with E-state index >= 15 is 0 Å². The smallest absolute Gasteiger partial charge is 0.417 e. The highest BCUT2D eigenvalue weighted by molar-refractivity contribution is 7.84. The van der Waals surface area contributed by atoms with E-state index in [1.54, 1.807) is 0 Å². The van der Waals surface area contributed by atoms with Crippen molar-refractivity contribution in [3.05, 3.63) is 11.1 Å². The van der Waals surface area contributed by atoms with Crippen LogP contribution >= 0.6 is 11.3 Å². The number of hydrogen-bond acceptors (Lipinski definition) is 13. The molecule has 0 bridgehead atoms. The molecule has 2 saturated heterocycles. The number of amides is 4. The number of thiazole rings is 1. The van der Waals surface area contributed by atoms with E-state index in [-0.39, 0.29) is 28.0 Å². The van der Waals surface area contributed by atoms with Gasteiger partial charge in [0.15, 0.2) is 17.5 Å². The molecular weight excluding hydrogens is 516 g/mol. The zero-order chi connectivity index (χ0) is 25.7. The van der Waals surface area contributed by atoms with E-state index in [0.29, 0.717) is 4.90 Å². The molecule has 1 aromatic rings. The van der Waals surface area contributed by atoms with Crippen LogP contribution in [0.3, 0.4) is 0 Å². The monoisotopic (exact) mass is 532 g/mol. The van der Waals surface area contributed by atoms with Gasteiger partial charge in [0, 0.05) is 18.2 Å². The molecule has 3 aliphatic rings. The van der Waals surface area contributed by atoms with Crippen LogP contribution < -0.4 is 11.1 Å². The number of aromatic nitrogens is 1. The molecule has 35 heavy (non-hydrogen) atoms. The van der Waals surface area contributed by atoms with Crippen molar-refractivity contribution in [2.45, 2.75) is 30.5 Å². The number of nitrogens with one attached hydrogen (secondary N) is 1. The van der Waals surface area contributed by atoms with E-state index in [1.165, 1.54) is 5.38 Å². The number of aliphatic carboxylic acids is 1. The third-order valence-corrected chi connectivity index (χ3v) is 6.92. The van der Waals surface area contributed by atoms with Gasteiger partial charge in [-0.3, -0.25) is 18.9 Å². The maximum absolute atomic E-state index is 13.0. The number of carboxylic acids is 1. The summed E-state index contributed by atoms with van der Waals surface area (Å²) >= 11 is 0.922. The number of hydrogen-bond donors (Lipinski definition) is 4. The predicted molar refractivity (Wildman–Crippen MR) is 111 cm³/mol. The van der Waals surface area contributed by atoms with E-state index in [0.717, 1.165) is 11.3 Å². The molecule has 2 atom stereocenters. The number of nitrogen functional groups attached to an aromatic ring is 1. The molecule has 17 nitrogen and oxygen atoms in total. The van der Waals surface area contributed by atoms with Crippen molar-refractivity contribution in [2.75, 3.05) is 18.9 Å². The van der Waals surface area contributed by atoms with Gasteiger partial charge >= 0.3 is 22.4 Å². The Bertz CT molecular complexity index is 1250. The molecule has 3 heterocycles. The standard InChI is InChI=1S/C16H16N6O11S2/c17-14-18-6(5-34-14)9(20-33-16(1-2-16)13(26)27)11(24)19-10-7(22(12(10)25)35(29,30)31)3-21-8(23)4-32-15(21)28/h5,7,10H,1-4H2,(H2,17,18)(H,19,24)(H,26,27)(H,29,30,31)/b20-9-/t7-,10?/m0/s1. The van der Waals surface area contributed by atoms with E-state index in [2.05, 4.69) is 20.2 Å². The Kier molecular flexibility index (Phi) is 5.85. The minimum atomic E-state index is -5.11. The number of carboxylic acid groups (broad SMARTS) is 1. The Balaban J connectivity index is 1.59. The first-order valence-corrected chi connectivity index (χ1v) is 11.9. The molecular formula is C16H16N6O11S2. The minimum Gasteiger partial charge on any atom is -0.478 e. The van der Waals surface area contributed by atoms with Crippen LogP contribution in [-0.4, -0.2) is 98.6 Å². The zero-order valence-electron chi connectivity index (χ0n) is 17.3. The Hall–Kier alpha value is -3.84. The minimum absolute atomic E-state index is 0.00537. The fourth-order valence-corrected chi connectivity index (χ4v) is 4.71. The number of carbonyl (C=O) groups excluding carboxylic acids is 4. The molecule has 0 spiro atoms. The lowest BCUT2D eigenvalue weighted by molar-refractivity contribution is -0.153. The molecule has 5 N–H and O–H groups in total. The Morgan fingerprint density at radius 3 is 2.54 bits per heavy atom. The number of nitrogens with two attached hydrogens (primary N) is 1. The molecule has 188 valence electrons. The van der Waals surface area contributed by atoms with Gasteiger partial charge in [0.2, 0.25) is 5.60 Å². The van der Waals surface area contributed by atoms with E-state index < -0.39 is 76.6 Å². The summed E-state index contributed by atoms with van der Waals surface area (Å²) in [5, 5.41) is 16.4. The molecule has 1 saturated carbocycles. The van der Waals surface area contributed by atoms with Crippen molar-refractivity contribution >= 4 is 62.3 Å². The number of cyclic esters (lactones) is 1. The zero-order valence-corrected chi connectivity index (χ0v) is 18.9. The Morgan fingerprint density at radius 2 is 2.06 bits per heavy atom. The first-order valence-electron chi connectivity index (χ1n) is 9.64. The highest BCUT2D eigenvalue weighted by Crippen LogP contribution is 2.40. The number of imide groups is 1. The second-order valence-corrected chi connectivity index (χ2v) is 9.77. The van der Waals surface area contributed by atoms with Crippen molar-refractivity contribution in [1.82, 2.24) is 19.5 Å². The van der Waals surface area contributed by atoms with E-state index in [1.807, 2.05) is 0 Å². The van der Waals surface area contributed by atoms with E-state index in [9.17, 15) is 42.0 Å². The molecule has 0 radical (unpaired) electrons. The van der Waals surface area contributed by atoms with Crippen molar-refractivity contribution in [3.8, 4) is 0 Å². The van der Waals surface area contributed by atoms with Crippen LogP contribution in [0.25, 0.3) is 0 Å². The third-order valence-electron chi connectivity index (χ3n) is 5.30. The van der Waals surface area contributed by atoms with Gasteiger partial charge in [-0.2, -0.15) is 8.42 Å². The van der Waals surface area contributed by atoms with Crippen LogP contribution in [0.2, 0.25) is 0 Å². The largest absolute Gasteiger partial charge is 0.478 e. The molecule has 1 unspecified atom stereocenters. The van der Waals surface area contributed by atoms with Gasteiger partial charge in [-0.15, -0.1) is 11.3 Å². The molecule has 3 fully saturated rings. The summed E-state index contributed by atoms with van der Waals surface area (Å²) in [5.74, 6) is -4.54. The fraction of sp³-hybridized carbons (Fsp3) is 0.438. The average Bonchev–Trinajstić information content (AvgIpc) is 3.35. The van der Waals surface area contributed by atoms with E-state index in [4.69, 9.17) is 10.6 Å². The predicted octanol–water partition coefficient (Wildman–Crippen LogP) is -2.46. The summed E-state index contributed by atoms with van der Waals surface area (Å²) in [6.07, 6.45) is -0.842. The number of rotatable bonds is 9. The number of anilines is 1. The second-order valence-electron chi connectivity index (χ2n) is 7.59. The van der Waals surface area contributed by atoms with Gasteiger partial charge < -0.3 is 25.7 Å².